The van der Waals surface area contributed by atoms with E-state index < -0.39 is 6.04 Å². The molecular formula is C14H22N4O2. The molecule has 20 heavy (non-hydrogen) atoms. The van der Waals surface area contributed by atoms with Crippen LogP contribution >= 0.6 is 0 Å². The lowest BCUT2D eigenvalue weighted by Crippen LogP contribution is -2.56. The van der Waals surface area contributed by atoms with Crippen LogP contribution in [-0.4, -0.2) is 60.2 Å². The van der Waals surface area contributed by atoms with Gasteiger partial charge < -0.3 is 15.7 Å². The van der Waals surface area contributed by atoms with Crippen molar-refractivity contribution in [2.45, 2.75) is 12.5 Å². The SMILES string of the molecule is CN1CCN(NC(=O)C(N)Cc2ccc(O)cc2)CC1. The molecule has 0 aliphatic carbocycles. The van der Waals surface area contributed by atoms with Crippen LogP contribution in [0.3, 0.4) is 0 Å². The van der Waals surface area contributed by atoms with Gasteiger partial charge in [-0.25, -0.2) is 5.01 Å². The van der Waals surface area contributed by atoms with E-state index in [4.69, 9.17) is 5.73 Å². The van der Waals surface area contributed by atoms with Crippen molar-refractivity contribution in [1.29, 1.82) is 0 Å². The van der Waals surface area contributed by atoms with Crippen molar-refractivity contribution >= 4 is 5.91 Å². The van der Waals surface area contributed by atoms with Crippen molar-refractivity contribution in [1.82, 2.24) is 15.3 Å². The summed E-state index contributed by atoms with van der Waals surface area (Å²) in [4.78, 5) is 14.2. The number of phenols is 1. The van der Waals surface area contributed by atoms with Crippen LogP contribution in [0.25, 0.3) is 0 Å². The maximum Gasteiger partial charge on any atom is 0.251 e. The first-order valence-electron chi connectivity index (χ1n) is 6.82. The Labute approximate surface area is 119 Å². The maximum atomic E-state index is 12.0. The molecule has 6 nitrogen and oxygen atoms in total. The number of carbonyl (C=O) groups excluding carboxylic acids is 1. The van der Waals surface area contributed by atoms with Gasteiger partial charge in [0.15, 0.2) is 0 Å². The Bertz CT molecular complexity index is 441. The second-order valence-corrected chi connectivity index (χ2v) is 5.24. The van der Waals surface area contributed by atoms with Crippen molar-refractivity contribution in [2.75, 3.05) is 33.2 Å². The van der Waals surface area contributed by atoms with Crippen LogP contribution in [-0.2, 0) is 11.2 Å². The van der Waals surface area contributed by atoms with E-state index in [-0.39, 0.29) is 11.7 Å². The predicted octanol–water partition coefficient (Wildman–Crippen LogP) is -0.459. The number of benzene rings is 1. The molecule has 0 spiro atoms. The minimum Gasteiger partial charge on any atom is -0.508 e. The third kappa shape index (κ3) is 4.19. The van der Waals surface area contributed by atoms with Crippen LogP contribution in [0.15, 0.2) is 24.3 Å². The summed E-state index contributed by atoms with van der Waals surface area (Å²) in [5, 5.41) is 11.1. The Morgan fingerprint density at radius 3 is 2.50 bits per heavy atom. The molecule has 1 amide bonds. The number of nitrogens with zero attached hydrogens (tertiary/aromatic N) is 2. The minimum absolute atomic E-state index is 0.164. The highest BCUT2D eigenvalue weighted by molar-refractivity contribution is 5.81. The highest BCUT2D eigenvalue weighted by Gasteiger charge is 2.19. The van der Waals surface area contributed by atoms with E-state index in [9.17, 15) is 9.90 Å². The van der Waals surface area contributed by atoms with Gasteiger partial charge in [-0.3, -0.25) is 10.2 Å². The van der Waals surface area contributed by atoms with E-state index in [0.717, 1.165) is 31.7 Å². The topological polar surface area (TPSA) is 81.8 Å². The Kier molecular flexibility index (Phi) is 4.94. The molecule has 6 heteroatoms. The van der Waals surface area contributed by atoms with Crippen LogP contribution in [0, 0.1) is 0 Å². The first-order valence-corrected chi connectivity index (χ1v) is 6.82. The van der Waals surface area contributed by atoms with Gasteiger partial charge in [0.05, 0.1) is 6.04 Å². The number of phenolic OH excluding ortho intramolecular Hbond substituents is 1. The molecule has 1 heterocycles. The normalized spacial score (nSPS) is 18.7. The zero-order chi connectivity index (χ0) is 14.5. The fourth-order valence-corrected chi connectivity index (χ4v) is 2.14. The number of amides is 1. The maximum absolute atomic E-state index is 12.0. The van der Waals surface area contributed by atoms with E-state index in [0.29, 0.717) is 6.42 Å². The van der Waals surface area contributed by atoms with Gasteiger partial charge in [0.2, 0.25) is 0 Å². The number of nitrogens with two attached hydrogens (primary N) is 1. The number of aromatic hydroxyl groups is 1. The van der Waals surface area contributed by atoms with Crippen LogP contribution < -0.4 is 11.2 Å². The van der Waals surface area contributed by atoms with Gasteiger partial charge in [0, 0.05) is 26.2 Å². The second-order valence-electron chi connectivity index (χ2n) is 5.24. The summed E-state index contributed by atoms with van der Waals surface area (Å²) in [6, 6.07) is 6.16. The molecule has 0 radical (unpaired) electrons. The Morgan fingerprint density at radius 2 is 1.90 bits per heavy atom. The van der Waals surface area contributed by atoms with E-state index in [1.165, 1.54) is 0 Å². The van der Waals surface area contributed by atoms with Crippen molar-refractivity contribution in [3.63, 3.8) is 0 Å². The summed E-state index contributed by atoms with van der Waals surface area (Å²) < 4.78 is 0. The molecule has 1 unspecified atom stereocenters. The molecule has 0 bridgehead atoms. The molecule has 1 aliphatic rings. The summed E-state index contributed by atoms with van der Waals surface area (Å²) in [5.41, 5.74) is 9.72. The van der Waals surface area contributed by atoms with Crippen molar-refractivity contribution < 1.29 is 9.90 Å². The van der Waals surface area contributed by atoms with Crippen molar-refractivity contribution in [3.05, 3.63) is 29.8 Å². The quantitative estimate of drug-likeness (QED) is 0.694. The van der Waals surface area contributed by atoms with Crippen LogP contribution in [0.4, 0.5) is 0 Å². The molecular weight excluding hydrogens is 256 g/mol. The number of piperazine rings is 1. The van der Waals surface area contributed by atoms with E-state index in [2.05, 4.69) is 17.4 Å². The van der Waals surface area contributed by atoms with Crippen molar-refractivity contribution in [3.8, 4) is 5.75 Å². The highest BCUT2D eigenvalue weighted by atomic mass is 16.3. The zero-order valence-electron chi connectivity index (χ0n) is 11.7. The van der Waals surface area contributed by atoms with Gasteiger partial charge in [-0.15, -0.1) is 0 Å². The predicted molar refractivity (Wildman–Crippen MR) is 77.0 cm³/mol. The number of likely N-dealkylation sites (N-methyl/N-ethyl adjacent to an activating group) is 1. The molecule has 1 saturated heterocycles. The largest absolute Gasteiger partial charge is 0.508 e. The molecule has 110 valence electrons. The smallest absolute Gasteiger partial charge is 0.251 e. The van der Waals surface area contributed by atoms with Crippen LogP contribution in [0.1, 0.15) is 5.56 Å². The van der Waals surface area contributed by atoms with Crippen LogP contribution in [0.2, 0.25) is 0 Å². The molecule has 1 atom stereocenters. The Morgan fingerprint density at radius 1 is 1.30 bits per heavy atom. The fourth-order valence-electron chi connectivity index (χ4n) is 2.14. The standard InChI is InChI=1S/C14H22N4O2/c1-17-6-8-18(9-7-17)16-14(20)13(15)10-11-2-4-12(19)5-3-11/h2-5,13,19H,6-10,15H2,1H3,(H,16,20). The molecule has 0 saturated carbocycles. The summed E-state index contributed by atoms with van der Waals surface area (Å²) in [6.45, 7) is 3.50. The fraction of sp³-hybridized carbons (Fsp3) is 0.500. The lowest BCUT2D eigenvalue weighted by molar-refractivity contribution is -0.128. The van der Waals surface area contributed by atoms with E-state index in [1.807, 2.05) is 5.01 Å². The molecule has 1 fully saturated rings. The molecule has 0 aromatic heterocycles. The molecule has 1 aromatic rings. The average Bonchev–Trinajstić information content (AvgIpc) is 2.44. The Balaban J connectivity index is 1.81. The monoisotopic (exact) mass is 278 g/mol. The third-order valence-corrected chi connectivity index (χ3v) is 3.50. The summed E-state index contributed by atoms with van der Waals surface area (Å²) >= 11 is 0. The third-order valence-electron chi connectivity index (χ3n) is 3.50. The average molecular weight is 278 g/mol. The van der Waals surface area contributed by atoms with Gasteiger partial charge in [0.1, 0.15) is 5.75 Å². The summed E-state index contributed by atoms with van der Waals surface area (Å²) in [5.74, 6) is 0.0480. The molecule has 2 rings (SSSR count). The number of rotatable bonds is 4. The van der Waals surface area contributed by atoms with E-state index in [1.54, 1.807) is 24.3 Å². The van der Waals surface area contributed by atoms with Gasteiger partial charge in [-0.1, -0.05) is 12.1 Å². The van der Waals surface area contributed by atoms with Gasteiger partial charge in [0.25, 0.3) is 5.91 Å². The second kappa shape index (κ2) is 6.69. The minimum atomic E-state index is -0.584. The summed E-state index contributed by atoms with van der Waals surface area (Å²) in [7, 11) is 2.07. The number of hydrogen-bond donors (Lipinski definition) is 3. The van der Waals surface area contributed by atoms with Gasteiger partial charge in [-0.2, -0.15) is 0 Å². The molecule has 1 aliphatic heterocycles. The Hall–Kier alpha value is -1.63. The van der Waals surface area contributed by atoms with Crippen LogP contribution in [0.5, 0.6) is 5.75 Å². The van der Waals surface area contributed by atoms with Crippen molar-refractivity contribution in [2.24, 2.45) is 5.73 Å². The van der Waals surface area contributed by atoms with Gasteiger partial charge in [-0.05, 0) is 31.2 Å². The van der Waals surface area contributed by atoms with Gasteiger partial charge >= 0.3 is 0 Å². The number of nitrogens with one attached hydrogen (secondary N) is 1. The van der Waals surface area contributed by atoms with E-state index >= 15 is 0 Å². The first-order chi connectivity index (χ1) is 9.54. The molecule has 1 aromatic carbocycles. The molecule has 4 N–H and O–H groups in total. The summed E-state index contributed by atoms with van der Waals surface area (Å²) in [6.07, 6.45) is 0.458. The first kappa shape index (κ1) is 14.8. The number of hydrazine groups is 1. The number of carbonyl (C=O) groups is 1. The lowest BCUT2D eigenvalue weighted by atomic mass is 10.1. The zero-order valence-corrected chi connectivity index (χ0v) is 11.7. The number of hydrogen-bond acceptors (Lipinski definition) is 5. The lowest BCUT2D eigenvalue weighted by Gasteiger charge is -2.33. The highest BCUT2D eigenvalue weighted by Crippen LogP contribution is 2.11.